The summed E-state index contributed by atoms with van der Waals surface area (Å²) in [4.78, 5) is 2.41. The standard InChI is InChI=1S/C14H19N5/c1-15-8-12-2-4-13(5-3-12)9-18-6-7-19-11-16-17-14(19)10-18/h2-5,11,15H,6-10H2,1H3. The maximum absolute atomic E-state index is 4.15. The normalized spacial score (nSPS) is 15.4. The molecule has 1 aromatic carbocycles. The van der Waals surface area contributed by atoms with Gasteiger partial charge in [0.2, 0.25) is 0 Å². The highest BCUT2D eigenvalue weighted by molar-refractivity contribution is 5.22. The van der Waals surface area contributed by atoms with Crippen LogP contribution in [-0.4, -0.2) is 33.3 Å². The van der Waals surface area contributed by atoms with E-state index >= 15 is 0 Å². The fraction of sp³-hybridized carbons (Fsp3) is 0.429. The summed E-state index contributed by atoms with van der Waals surface area (Å²) in [6.07, 6.45) is 1.82. The molecule has 0 radical (unpaired) electrons. The third-order valence-electron chi connectivity index (χ3n) is 3.53. The van der Waals surface area contributed by atoms with Gasteiger partial charge < -0.3 is 9.88 Å². The molecule has 2 aromatic rings. The molecule has 1 aliphatic rings. The fourth-order valence-electron chi connectivity index (χ4n) is 2.48. The molecule has 0 saturated heterocycles. The van der Waals surface area contributed by atoms with Gasteiger partial charge in [-0.25, -0.2) is 0 Å². The molecule has 100 valence electrons. The Hall–Kier alpha value is -1.72. The van der Waals surface area contributed by atoms with E-state index in [2.05, 4.69) is 49.2 Å². The predicted octanol–water partition coefficient (Wildman–Crippen LogP) is 1.01. The lowest BCUT2D eigenvalue weighted by atomic mass is 10.1. The van der Waals surface area contributed by atoms with Crippen LogP contribution in [0.15, 0.2) is 30.6 Å². The van der Waals surface area contributed by atoms with Gasteiger partial charge in [0.05, 0.1) is 6.54 Å². The van der Waals surface area contributed by atoms with Gasteiger partial charge in [0.15, 0.2) is 0 Å². The van der Waals surface area contributed by atoms with Crippen molar-refractivity contribution in [3.63, 3.8) is 0 Å². The van der Waals surface area contributed by atoms with Crippen LogP contribution in [-0.2, 0) is 26.2 Å². The summed E-state index contributed by atoms with van der Waals surface area (Å²) < 4.78 is 2.13. The number of hydrogen-bond donors (Lipinski definition) is 1. The smallest absolute Gasteiger partial charge is 0.147 e. The Labute approximate surface area is 113 Å². The zero-order valence-corrected chi connectivity index (χ0v) is 11.2. The molecular formula is C14H19N5. The first-order valence-electron chi connectivity index (χ1n) is 6.66. The van der Waals surface area contributed by atoms with Crippen LogP contribution in [0, 0.1) is 0 Å². The van der Waals surface area contributed by atoms with Crippen molar-refractivity contribution in [2.45, 2.75) is 26.2 Å². The molecule has 0 fully saturated rings. The third-order valence-corrected chi connectivity index (χ3v) is 3.53. The van der Waals surface area contributed by atoms with E-state index in [0.717, 1.165) is 38.5 Å². The van der Waals surface area contributed by atoms with Crippen molar-refractivity contribution in [3.05, 3.63) is 47.5 Å². The summed E-state index contributed by atoms with van der Waals surface area (Å²) in [6, 6.07) is 8.81. The van der Waals surface area contributed by atoms with Crippen molar-refractivity contribution in [1.29, 1.82) is 0 Å². The molecule has 0 amide bonds. The van der Waals surface area contributed by atoms with E-state index in [1.165, 1.54) is 11.1 Å². The first-order chi connectivity index (χ1) is 9.35. The molecule has 1 aromatic heterocycles. The van der Waals surface area contributed by atoms with E-state index in [9.17, 15) is 0 Å². The summed E-state index contributed by atoms with van der Waals surface area (Å²) >= 11 is 0. The second kappa shape index (κ2) is 5.50. The van der Waals surface area contributed by atoms with Gasteiger partial charge in [-0.15, -0.1) is 10.2 Å². The molecule has 0 bridgehead atoms. The number of rotatable bonds is 4. The largest absolute Gasteiger partial charge is 0.316 e. The zero-order valence-electron chi connectivity index (χ0n) is 11.2. The third kappa shape index (κ3) is 2.83. The van der Waals surface area contributed by atoms with Crippen LogP contribution in [0.3, 0.4) is 0 Å². The molecule has 2 heterocycles. The van der Waals surface area contributed by atoms with Crippen molar-refractivity contribution >= 4 is 0 Å². The second-order valence-electron chi connectivity index (χ2n) is 5.00. The van der Waals surface area contributed by atoms with E-state index in [4.69, 9.17) is 0 Å². The van der Waals surface area contributed by atoms with Gasteiger partial charge in [0, 0.05) is 26.2 Å². The second-order valence-corrected chi connectivity index (χ2v) is 5.00. The Morgan fingerprint density at radius 2 is 1.95 bits per heavy atom. The van der Waals surface area contributed by atoms with E-state index in [0.29, 0.717) is 0 Å². The molecule has 0 saturated carbocycles. The molecular weight excluding hydrogens is 238 g/mol. The van der Waals surface area contributed by atoms with E-state index in [1.807, 2.05) is 13.4 Å². The SMILES string of the molecule is CNCc1ccc(CN2CCn3cnnc3C2)cc1. The molecule has 0 aliphatic carbocycles. The van der Waals surface area contributed by atoms with Crippen molar-refractivity contribution in [3.8, 4) is 0 Å². The first kappa shape index (κ1) is 12.3. The van der Waals surface area contributed by atoms with Crippen molar-refractivity contribution in [1.82, 2.24) is 25.0 Å². The highest BCUT2D eigenvalue weighted by Gasteiger charge is 2.17. The summed E-state index contributed by atoms with van der Waals surface area (Å²) in [5.74, 6) is 1.07. The Morgan fingerprint density at radius 3 is 2.74 bits per heavy atom. The predicted molar refractivity (Wildman–Crippen MR) is 73.3 cm³/mol. The lowest BCUT2D eigenvalue weighted by Crippen LogP contribution is -2.33. The minimum Gasteiger partial charge on any atom is -0.316 e. The first-order valence-corrected chi connectivity index (χ1v) is 6.66. The summed E-state index contributed by atoms with van der Waals surface area (Å²) in [7, 11) is 1.97. The highest BCUT2D eigenvalue weighted by atomic mass is 15.3. The Balaban J connectivity index is 1.63. The number of nitrogens with one attached hydrogen (secondary N) is 1. The van der Waals surface area contributed by atoms with Crippen LogP contribution in [0.4, 0.5) is 0 Å². The molecule has 0 spiro atoms. The molecule has 1 aliphatic heterocycles. The Kier molecular flexibility index (Phi) is 3.57. The van der Waals surface area contributed by atoms with Crippen LogP contribution in [0.5, 0.6) is 0 Å². The number of fused-ring (bicyclic) bond motifs is 1. The molecule has 5 heteroatoms. The van der Waals surface area contributed by atoms with E-state index < -0.39 is 0 Å². The van der Waals surface area contributed by atoms with Gasteiger partial charge >= 0.3 is 0 Å². The minimum atomic E-state index is 0.887. The maximum Gasteiger partial charge on any atom is 0.147 e. The summed E-state index contributed by atoms with van der Waals surface area (Å²) in [5.41, 5.74) is 2.68. The number of aromatic nitrogens is 3. The lowest BCUT2D eigenvalue weighted by Gasteiger charge is -2.26. The molecule has 1 N–H and O–H groups in total. The van der Waals surface area contributed by atoms with Crippen molar-refractivity contribution < 1.29 is 0 Å². The average Bonchev–Trinajstić information content (AvgIpc) is 2.89. The average molecular weight is 257 g/mol. The molecule has 0 atom stereocenters. The molecule has 0 unspecified atom stereocenters. The number of nitrogens with zero attached hydrogens (tertiary/aromatic N) is 4. The van der Waals surface area contributed by atoms with Crippen molar-refractivity contribution in [2.24, 2.45) is 0 Å². The number of benzene rings is 1. The highest BCUT2D eigenvalue weighted by Crippen LogP contribution is 2.13. The fourth-order valence-corrected chi connectivity index (χ4v) is 2.48. The molecule has 19 heavy (non-hydrogen) atoms. The lowest BCUT2D eigenvalue weighted by molar-refractivity contribution is 0.209. The number of hydrogen-bond acceptors (Lipinski definition) is 4. The van der Waals surface area contributed by atoms with Crippen LogP contribution in [0.2, 0.25) is 0 Å². The van der Waals surface area contributed by atoms with Crippen LogP contribution >= 0.6 is 0 Å². The van der Waals surface area contributed by atoms with Crippen LogP contribution < -0.4 is 5.32 Å². The van der Waals surface area contributed by atoms with E-state index in [-0.39, 0.29) is 0 Å². The maximum atomic E-state index is 4.15. The monoisotopic (exact) mass is 257 g/mol. The Morgan fingerprint density at radius 1 is 1.16 bits per heavy atom. The van der Waals surface area contributed by atoms with Gasteiger partial charge in [-0.1, -0.05) is 24.3 Å². The van der Waals surface area contributed by atoms with E-state index in [1.54, 1.807) is 0 Å². The van der Waals surface area contributed by atoms with Gasteiger partial charge in [-0.05, 0) is 18.2 Å². The van der Waals surface area contributed by atoms with Crippen molar-refractivity contribution in [2.75, 3.05) is 13.6 Å². The Bertz CT molecular complexity index is 531. The van der Waals surface area contributed by atoms with Gasteiger partial charge in [-0.3, -0.25) is 4.90 Å². The molecule has 3 rings (SSSR count). The van der Waals surface area contributed by atoms with Gasteiger partial charge in [0.25, 0.3) is 0 Å². The minimum absolute atomic E-state index is 0.887. The molecule has 5 nitrogen and oxygen atoms in total. The quantitative estimate of drug-likeness (QED) is 0.888. The van der Waals surface area contributed by atoms with Gasteiger partial charge in [0.1, 0.15) is 12.2 Å². The topological polar surface area (TPSA) is 46.0 Å². The summed E-state index contributed by atoms with van der Waals surface area (Å²) in [6.45, 7) is 4.83. The zero-order chi connectivity index (χ0) is 13.1. The van der Waals surface area contributed by atoms with Crippen LogP contribution in [0.1, 0.15) is 17.0 Å². The van der Waals surface area contributed by atoms with Gasteiger partial charge in [-0.2, -0.15) is 0 Å². The summed E-state index contributed by atoms with van der Waals surface area (Å²) in [5, 5.41) is 11.3. The van der Waals surface area contributed by atoms with Crippen LogP contribution in [0.25, 0.3) is 0 Å².